The van der Waals surface area contributed by atoms with E-state index in [0.29, 0.717) is 6.42 Å². The summed E-state index contributed by atoms with van der Waals surface area (Å²) in [5, 5.41) is 0. The maximum atomic E-state index is 12.5. The van der Waals surface area contributed by atoms with Crippen LogP contribution < -0.4 is 5.73 Å². The lowest BCUT2D eigenvalue weighted by Crippen LogP contribution is -2.47. The minimum atomic E-state index is -4.58. The Balaban J connectivity index is 4.78. The predicted octanol–water partition coefficient (Wildman–Crippen LogP) is 2.49. The van der Waals surface area contributed by atoms with Crippen molar-refractivity contribution in [3.63, 3.8) is 0 Å². The van der Waals surface area contributed by atoms with Crippen molar-refractivity contribution in [2.75, 3.05) is 6.61 Å². The fraction of sp³-hybridized carbons (Fsp3) is 0.909. The Hall–Kier alpha value is -0.780. The van der Waals surface area contributed by atoms with E-state index < -0.39 is 24.1 Å². The zero-order chi connectivity index (χ0) is 13.6. The number of nitrogens with two attached hydrogens (primary N) is 1. The maximum absolute atomic E-state index is 12.5. The molecule has 3 nitrogen and oxygen atoms in total. The fourth-order valence-electron chi connectivity index (χ4n) is 1.47. The van der Waals surface area contributed by atoms with Crippen LogP contribution in [0, 0.1) is 11.8 Å². The van der Waals surface area contributed by atoms with E-state index in [1.807, 2.05) is 6.92 Å². The van der Waals surface area contributed by atoms with Gasteiger partial charge in [-0.3, -0.25) is 4.79 Å². The molecule has 0 aromatic heterocycles. The molecule has 0 spiro atoms. The largest absolute Gasteiger partial charge is 0.466 e. The molecular formula is C11H20F3NO2. The van der Waals surface area contributed by atoms with Crippen molar-refractivity contribution >= 4 is 5.97 Å². The molecule has 2 N–H and O–H groups in total. The highest BCUT2D eigenvalue weighted by Crippen LogP contribution is 2.29. The first-order chi connectivity index (χ1) is 7.73. The SMILES string of the molecule is CCOC(=O)[C@@H](CC(C)CC)[C@H](N)C(F)(F)F. The van der Waals surface area contributed by atoms with Gasteiger partial charge in [0.15, 0.2) is 0 Å². The first kappa shape index (κ1) is 16.2. The molecular weight excluding hydrogens is 235 g/mol. The van der Waals surface area contributed by atoms with Gasteiger partial charge in [-0.1, -0.05) is 20.3 Å². The van der Waals surface area contributed by atoms with Crippen LogP contribution in [0.3, 0.4) is 0 Å². The minimum absolute atomic E-state index is 0.00203. The zero-order valence-electron chi connectivity index (χ0n) is 10.4. The quantitative estimate of drug-likeness (QED) is 0.742. The van der Waals surface area contributed by atoms with E-state index in [0.717, 1.165) is 0 Å². The number of hydrogen-bond acceptors (Lipinski definition) is 3. The third-order valence-corrected chi connectivity index (χ3v) is 2.75. The Labute approximate surface area is 99.5 Å². The predicted molar refractivity (Wildman–Crippen MR) is 58.2 cm³/mol. The van der Waals surface area contributed by atoms with E-state index in [4.69, 9.17) is 5.73 Å². The molecule has 0 aromatic rings. The van der Waals surface area contributed by atoms with Crippen molar-refractivity contribution in [2.24, 2.45) is 17.6 Å². The van der Waals surface area contributed by atoms with Gasteiger partial charge in [0.25, 0.3) is 0 Å². The summed E-state index contributed by atoms with van der Waals surface area (Å²) < 4.78 is 42.2. The molecule has 0 saturated carbocycles. The second kappa shape index (κ2) is 6.83. The molecule has 0 amide bonds. The van der Waals surface area contributed by atoms with Crippen LogP contribution in [0.4, 0.5) is 13.2 Å². The van der Waals surface area contributed by atoms with E-state index in [1.54, 1.807) is 13.8 Å². The van der Waals surface area contributed by atoms with Crippen molar-refractivity contribution in [3.8, 4) is 0 Å². The van der Waals surface area contributed by atoms with Crippen molar-refractivity contribution in [1.29, 1.82) is 0 Å². The van der Waals surface area contributed by atoms with Crippen LogP contribution in [-0.2, 0) is 9.53 Å². The summed E-state index contributed by atoms with van der Waals surface area (Å²) in [6, 6.07) is -2.16. The average Bonchev–Trinajstić information content (AvgIpc) is 2.23. The second-order valence-electron chi connectivity index (χ2n) is 4.18. The molecule has 6 heteroatoms. The van der Waals surface area contributed by atoms with Crippen LogP contribution in [0.1, 0.15) is 33.6 Å². The lowest BCUT2D eigenvalue weighted by atomic mass is 9.88. The van der Waals surface area contributed by atoms with Crippen LogP contribution in [-0.4, -0.2) is 24.8 Å². The van der Waals surface area contributed by atoms with E-state index in [9.17, 15) is 18.0 Å². The maximum Gasteiger partial charge on any atom is 0.404 e. The third-order valence-electron chi connectivity index (χ3n) is 2.75. The number of carbonyl (C=O) groups excluding carboxylic acids is 1. The summed E-state index contributed by atoms with van der Waals surface area (Å²) in [5.74, 6) is -2.18. The highest BCUT2D eigenvalue weighted by Gasteiger charge is 2.45. The van der Waals surface area contributed by atoms with Gasteiger partial charge in [0.05, 0.1) is 12.5 Å². The molecule has 102 valence electrons. The van der Waals surface area contributed by atoms with Crippen LogP contribution >= 0.6 is 0 Å². The van der Waals surface area contributed by atoms with Crippen molar-refractivity contribution in [3.05, 3.63) is 0 Å². The molecule has 0 radical (unpaired) electrons. The molecule has 0 aliphatic rings. The lowest BCUT2D eigenvalue weighted by Gasteiger charge is -2.26. The molecule has 0 bridgehead atoms. The Morgan fingerprint density at radius 1 is 1.35 bits per heavy atom. The van der Waals surface area contributed by atoms with Gasteiger partial charge in [0.1, 0.15) is 6.04 Å². The molecule has 1 unspecified atom stereocenters. The number of alkyl halides is 3. The Morgan fingerprint density at radius 2 is 1.88 bits per heavy atom. The van der Waals surface area contributed by atoms with Crippen LogP contribution in [0.5, 0.6) is 0 Å². The molecule has 3 atom stereocenters. The summed E-state index contributed by atoms with van der Waals surface area (Å²) in [6.07, 6.45) is -3.79. The van der Waals surface area contributed by atoms with Crippen molar-refractivity contribution < 1.29 is 22.7 Å². The molecule has 0 rings (SSSR count). The molecule has 0 heterocycles. The van der Waals surface area contributed by atoms with Gasteiger partial charge in [-0.2, -0.15) is 13.2 Å². The standard InChI is InChI=1S/C11H20F3NO2/c1-4-7(3)6-8(10(16)17-5-2)9(15)11(12,13)14/h7-9H,4-6,15H2,1-3H3/t7?,8-,9-/m0/s1. The first-order valence-electron chi connectivity index (χ1n) is 5.72. The lowest BCUT2D eigenvalue weighted by molar-refractivity contribution is -0.177. The van der Waals surface area contributed by atoms with E-state index >= 15 is 0 Å². The zero-order valence-corrected chi connectivity index (χ0v) is 10.4. The Kier molecular flexibility index (Phi) is 6.52. The summed E-state index contributed by atoms with van der Waals surface area (Å²) in [4.78, 5) is 11.5. The first-order valence-corrected chi connectivity index (χ1v) is 5.72. The van der Waals surface area contributed by atoms with E-state index in [1.165, 1.54) is 0 Å². The minimum Gasteiger partial charge on any atom is -0.466 e. The van der Waals surface area contributed by atoms with Gasteiger partial charge >= 0.3 is 12.1 Å². The van der Waals surface area contributed by atoms with Gasteiger partial charge in [0, 0.05) is 0 Å². The number of hydrogen-bond donors (Lipinski definition) is 1. The van der Waals surface area contributed by atoms with E-state index in [2.05, 4.69) is 4.74 Å². The second-order valence-corrected chi connectivity index (χ2v) is 4.18. The molecule has 0 fully saturated rings. The molecule has 0 saturated heterocycles. The van der Waals surface area contributed by atoms with E-state index in [-0.39, 0.29) is 18.9 Å². The van der Waals surface area contributed by atoms with Crippen LogP contribution in [0.2, 0.25) is 0 Å². The number of halogens is 3. The summed E-state index contributed by atoms with van der Waals surface area (Å²) in [5.41, 5.74) is 5.10. The fourth-order valence-corrected chi connectivity index (χ4v) is 1.47. The number of esters is 1. The van der Waals surface area contributed by atoms with Gasteiger partial charge in [-0.25, -0.2) is 0 Å². The van der Waals surface area contributed by atoms with Gasteiger partial charge in [-0.05, 0) is 19.3 Å². The molecule has 17 heavy (non-hydrogen) atoms. The van der Waals surface area contributed by atoms with Crippen LogP contribution in [0.15, 0.2) is 0 Å². The monoisotopic (exact) mass is 255 g/mol. The average molecular weight is 255 g/mol. The Bertz CT molecular complexity index is 243. The van der Waals surface area contributed by atoms with Gasteiger partial charge in [-0.15, -0.1) is 0 Å². The number of ether oxygens (including phenoxy) is 1. The Morgan fingerprint density at radius 3 is 2.24 bits per heavy atom. The van der Waals surface area contributed by atoms with Gasteiger partial charge in [0.2, 0.25) is 0 Å². The molecule has 0 aliphatic heterocycles. The normalized spacial score (nSPS) is 17.4. The number of carbonyl (C=O) groups is 1. The summed E-state index contributed by atoms with van der Waals surface area (Å²) in [7, 11) is 0. The van der Waals surface area contributed by atoms with Gasteiger partial charge < -0.3 is 10.5 Å². The summed E-state index contributed by atoms with van der Waals surface area (Å²) in [6.45, 7) is 5.25. The number of rotatable bonds is 6. The highest BCUT2D eigenvalue weighted by molar-refractivity contribution is 5.73. The molecule has 0 aliphatic carbocycles. The summed E-state index contributed by atoms with van der Waals surface area (Å²) >= 11 is 0. The topological polar surface area (TPSA) is 52.3 Å². The highest BCUT2D eigenvalue weighted by atomic mass is 19.4. The molecule has 0 aromatic carbocycles. The van der Waals surface area contributed by atoms with Crippen molar-refractivity contribution in [2.45, 2.75) is 45.8 Å². The van der Waals surface area contributed by atoms with Crippen molar-refractivity contribution in [1.82, 2.24) is 0 Å². The third kappa shape index (κ3) is 5.39. The smallest absolute Gasteiger partial charge is 0.404 e. The van der Waals surface area contributed by atoms with Crippen LogP contribution in [0.25, 0.3) is 0 Å².